The lowest BCUT2D eigenvalue weighted by Gasteiger charge is -2.21. The number of hydrogen-bond donors (Lipinski definition) is 0. The van der Waals surface area contributed by atoms with Gasteiger partial charge in [-0.05, 0) is 31.4 Å². The number of carbonyl (C=O) groups excluding carboxylic acids is 1. The van der Waals surface area contributed by atoms with Gasteiger partial charge >= 0.3 is 0 Å². The number of carbonyl (C=O) groups is 1. The van der Waals surface area contributed by atoms with Crippen LogP contribution in [0.2, 0.25) is 0 Å². The van der Waals surface area contributed by atoms with E-state index in [-0.39, 0.29) is 5.91 Å². The molecule has 2 heteroatoms. The fourth-order valence-electron chi connectivity index (χ4n) is 2.96. The van der Waals surface area contributed by atoms with Gasteiger partial charge in [-0.2, -0.15) is 0 Å². The maximum Gasteiger partial charge on any atom is 0.254 e. The van der Waals surface area contributed by atoms with Crippen LogP contribution in [-0.4, -0.2) is 22.9 Å². The van der Waals surface area contributed by atoms with Crippen molar-refractivity contribution in [1.29, 1.82) is 0 Å². The third-order valence-corrected chi connectivity index (χ3v) is 3.73. The van der Waals surface area contributed by atoms with Crippen LogP contribution in [0.3, 0.4) is 0 Å². The van der Waals surface area contributed by atoms with Gasteiger partial charge in [-0.25, -0.2) is 0 Å². The van der Waals surface area contributed by atoms with Crippen molar-refractivity contribution in [1.82, 2.24) is 4.90 Å². The van der Waals surface area contributed by atoms with E-state index in [1.165, 1.54) is 5.57 Å². The Morgan fingerprint density at radius 3 is 2.56 bits per heavy atom. The molecule has 1 aromatic rings. The van der Waals surface area contributed by atoms with E-state index in [9.17, 15) is 4.79 Å². The molecule has 0 radical (unpaired) electrons. The predicted octanol–water partition coefficient (Wildman–Crippen LogP) is 2.62. The number of benzene rings is 1. The van der Waals surface area contributed by atoms with E-state index < -0.39 is 0 Å². The molecule has 0 aliphatic carbocycles. The van der Waals surface area contributed by atoms with Crippen molar-refractivity contribution in [3.63, 3.8) is 0 Å². The summed E-state index contributed by atoms with van der Waals surface area (Å²) in [6.07, 6.45) is 3.24. The van der Waals surface area contributed by atoms with Gasteiger partial charge in [0.2, 0.25) is 0 Å². The molecular formula is C14H15NO. The lowest BCUT2D eigenvalue weighted by Crippen LogP contribution is -2.35. The topological polar surface area (TPSA) is 20.3 Å². The Hall–Kier alpha value is -1.57. The van der Waals surface area contributed by atoms with Crippen molar-refractivity contribution in [2.45, 2.75) is 31.3 Å². The Bertz CT molecular complexity index is 437. The van der Waals surface area contributed by atoms with Gasteiger partial charge in [0, 0.05) is 11.6 Å². The van der Waals surface area contributed by atoms with Crippen LogP contribution in [0.1, 0.15) is 29.6 Å². The molecule has 3 rings (SSSR count). The van der Waals surface area contributed by atoms with Gasteiger partial charge in [-0.15, -0.1) is 0 Å². The van der Waals surface area contributed by atoms with Crippen molar-refractivity contribution in [2.75, 3.05) is 0 Å². The molecule has 2 aliphatic heterocycles. The second-order valence-electron chi connectivity index (χ2n) is 4.69. The van der Waals surface area contributed by atoms with Crippen molar-refractivity contribution >= 4 is 5.91 Å². The molecule has 2 aliphatic rings. The van der Waals surface area contributed by atoms with Crippen LogP contribution in [0, 0.1) is 0 Å². The molecule has 0 N–H and O–H groups in total. The highest BCUT2D eigenvalue weighted by Gasteiger charge is 2.44. The van der Waals surface area contributed by atoms with Crippen molar-refractivity contribution in [2.24, 2.45) is 0 Å². The number of hydrogen-bond acceptors (Lipinski definition) is 1. The first-order chi connectivity index (χ1) is 7.77. The molecule has 2 atom stereocenters. The third-order valence-electron chi connectivity index (χ3n) is 3.73. The van der Waals surface area contributed by atoms with Crippen LogP contribution >= 0.6 is 0 Å². The minimum atomic E-state index is 0.173. The summed E-state index contributed by atoms with van der Waals surface area (Å²) in [7, 11) is 0. The van der Waals surface area contributed by atoms with Gasteiger partial charge in [0.1, 0.15) is 0 Å². The Morgan fingerprint density at radius 1 is 1.25 bits per heavy atom. The van der Waals surface area contributed by atoms with E-state index in [2.05, 4.69) is 6.58 Å². The fraction of sp³-hybridized carbons (Fsp3) is 0.357. The number of amides is 1. The Labute approximate surface area is 95.6 Å². The Balaban J connectivity index is 1.90. The molecule has 0 spiro atoms. The standard InChI is InChI=1S/C14H15NO/c1-10-9-12-7-8-13(10)15(12)14(16)11-5-3-2-4-6-11/h2-6,12-13H,1,7-9H2. The van der Waals surface area contributed by atoms with E-state index in [0.717, 1.165) is 24.8 Å². The Morgan fingerprint density at radius 2 is 2.00 bits per heavy atom. The minimum absolute atomic E-state index is 0.173. The average Bonchev–Trinajstić information content (AvgIpc) is 2.85. The molecule has 0 aromatic heterocycles. The summed E-state index contributed by atoms with van der Waals surface area (Å²) in [5, 5.41) is 0. The lowest BCUT2D eigenvalue weighted by atomic mass is 9.97. The maximum absolute atomic E-state index is 12.3. The highest BCUT2D eigenvalue weighted by molar-refractivity contribution is 5.95. The van der Waals surface area contributed by atoms with E-state index in [1.54, 1.807) is 0 Å². The molecule has 1 aromatic carbocycles. The fourth-order valence-corrected chi connectivity index (χ4v) is 2.96. The first-order valence-electron chi connectivity index (χ1n) is 5.83. The summed E-state index contributed by atoms with van der Waals surface area (Å²) >= 11 is 0. The quantitative estimate of drug-likeness (QED) is 0.657. The van der Waals surface area contributed by atoms with Gasteiger partial charge in [0.25, 0.3) is 5.91 Å². The van der Waals surface area contributed by atoms with Crippen LogP contribution in [0.4, 0.5) is 0 Å². The minimum Gasteiger partial charge on any atom is -0.329 e. The second-order valence-corrected chi connectivity index (χ2v) is 4.69. The van der Waals surface area contributed by atoms with Crippen molar-refractivity contribution in [3.8, 4) is 0 Å². The summed E-state index contributed by atoms with van der Waals surface area (Å²) < 4.78 is 0. The summed E-state index contributed by atoms with van der Waals surface area (Å²) in [5.74, 6) is 0.173. The number of rotatable bonds is 1. The molecule has 2 saturated heterocycles. The smallest absolute Gasteiger partial charge is 0.254 e. The van der Waals surface area contributed by atoms with E-state index in [0.29, 0.717) is 12.1 Å². The normalized spacial score (nSPS) is 27.5. The molecule has 0 saturated carbocycles. The van der Waals surface area contributed by atoms with Gasteiger partial charge in [0.05, 0.1) is 6.04 Å². The summed E-state index contributed by atoms with van der Waals surface area (Å²) in [4.78, 5) is 14.4. The number of nitrogens with zero attached hydrogens (tertiary/aromatic N) is 1. The van der Waals surface area contributed by atoms with Crippen LogP contribution in [0.5, 0.6) is 0 Å². The van der Waals surface area contributed by atoms with Crippen molar-refractivity contribution < 1.29 is 4.79 Å². The van der Waals surface area contributed by atoms with Crippen LogP contribution < -0.4 is 0 Å². The number of fused-ring (bicyclic) bond motifs is 2. The molecule has 2 nitrogen and oxygen atoms in total. The zero-order valence-corrected chi connectivity index (χ0v) is 9.23. The lowest BCUT2D eigenvalue weighted by molar-refractivity contribution is 0.0736. The zero-order valence-electron chi connectivity index (χ0n) is 9.23. The molecular weight excluding hydrogens is 198 g/mol. The molecule has 82 valence electrons. The second kappa shape index (κ2) is 3.48. The zero-order chi connectivity index (χ0) is 11.1. The first-order valence-corrected chi connectivity index (χ1v) is 5.83. The van der Waals surface area contributed by atoms with Gasteiger partial charge in [-0.3, -0.25) is 4.79 Å². The highest BCUT2D eigenvalue weighted by atomic mass is 16.2. The Kier molecular flexibility index (Phi) is 2.10. The highest BCUT2D eigenvalue weighted by Crippen LogP contribution is 2.41. The molecule has 16 heavy (non-hydrogen) atoms. The van der Waals surface area contributed by atoms with Crippen molar-refractivity contribution in [3.05, 3.63) is 48.0 Å². The average molecular weight is 213 g/mol. The van der Waals surface area contributed by atoms with Gasteiger partial charge in [0.15, 0.2) is 0 Å². The maximum atomic E-state index is 12.3. The van der Waals surface area contributed by atoms with Crippen LogP contribution in [0.15, 0.2) is 42.5 Å². The largest absolute Gasteiger partial charge is 0.329 e. The summed E-state index contributed by atoms with van der Waals surface area (Å²) in [6.45, 7) is 4.07. The van der Waals surface area contributed by atoms with E-state index in [4.69, 9.17) is 0 Å². The molecule has 2 unspecified atom stereocenters. The monoisotopic (exact) mass is 213 g/mol. The predicted molar refractivity (Wildman–Crippen MR) is 63.2 cm³/mol. The first kappa shape index (κ1) is 9.64. The molecule has 2 bridgehead atoms. The molecule has 2 heterocycles. The molecule has 2 fully saturated rings. The van der Waals surface area contributed by atoms with Gasteiger partial charge < -0.3 is 4.90 Å². The van der Waals surface area contributed by atoms with Crippen LogP contribution in [-0.2, 0) is 0 Å². The third kappa shape index (κ3) is 1.29. The van der Waals surface area contributed by atoms with Gasteiger partial charge in [-0.1, -0.05) is 30.4 Å². The SMILES string of the molecule is C=C1CC2CCC1N2C(=O)c1ccccc1. The molecule has 1 amide bonds. The van der Waals surface area contributed by atoms with Crippen LogP contribution in [0.25, 0.3) is 0 Å². The summed E-state index contributed by atoms with van der Waals surface area (Å²) in [5.41, 5.74) is 2.04. The van der Waals surface area contributed by atoms with E-state index in [1.807, 2.05) is 35.2 Å². The van der Waals surface area contributed by atoms with E-state index >= 15 is 0 Å². The summed E-state index contributed by atoms with van der Waals surface area (Å²) in [6, 6.07) is 10.3.